The summed E-state index contributed by atoms with van der Waals surface area (Å²) in [6.45, 7) is 4.16. The van der Waals surface area contributed by atoms with Gasteiger partial charge in [-0.1, -0.05) is 54.6 Å². The molecule has 3 aromatic carbocycles. The van der Waals surface area contributed by atoms with Gasteiger partial charge in [0.05, 0.1) is 11.7 Å². The number of aromatic nitrogens is 4. The van der Waals surface area contributed by atoms with Crippen LogP contribution in [0.3, 0.4) is 0 Å². The Hall–Kier alpha value is -3.80. The molecule has 4 rings (SSSR count). The number of nitrogens with zero attached hydrogens (tertiary/aromatic N) is 4. The molecule has 0 aliphatic rings. The molecule has 0 bridgehead atoms. The Balaban J connectivity index is 1.67. The molecular formula is C23H21N5O. The number of benzene rings is 3. The average Bonchev–Trinajstić information content (AvgIpc) is 3.30. The van der Waals surface area contributed by atoms with E-state index >= 15 is 0 Å². The van der Waals surface area contributed by atoms with Crippen LogP contribution in [0.15, 0.2) is 79.1 Å². The van der Waals surface area contributed by atoms with Crippen LogP contribution >= 0.6 is 0 Å². The first-order valence-electron chi connectivity index (χ1n) is 9.38. The maximum absolute atomic E-state index is 13.1. The molecule has 6 heteroatoms. The van der Waals surface area contributed by atoms with Gasteiger partial charge in [-0.25, -0.2) is 4.68 Å². The van der Waals surface area contributed by atoms with Crippen LogP contribution in [-0.2, 0) is 0 Å². The molecule has 0 saturated carbocycles. The highest BCUT2D eigenvalue weighted by Gasteiger charge is 2.18. The predicted molar refractivity (Wildman–Crippen MR) is 111 cm³/mol. The fourth-order valence-corrected chi connectivity index (χ4v) is 3.23. The standard InChI is InChI=1S/C23H21N5O/c1-16-11-12-19(13-17(16)2)22(18-7-4-3-5-8-18)25-23(29)20-9-6-10-21(14-20)28-15-24-26-27-28/h3-15,22H,1-2H3,(H,25,29). The van der Waals surface area contributed by atoms with Crippen molar-refractivity contribution in [2.45, 2.75) is 19.9 Å². The molecule has 1 unspecified atom stereocenters. The Bertz CT molecular complexity index is 1120. The lowest BCUT2D eigenvalue weighted by molar-refractivity contribution is 0.0943. The van der Waals surface area contributed by atoms with Crippen molar-refractivity contribution in [3.05, 3.63) is 107 Å². The molecule has 1 amide bonds. The lowest BCUT2D eigenvalue weighted by Crippen LogP contribution is -2.29. The zero-order valence-electron chi connectivity index (χ0n) is 16.3. The van der Waals surface area contributed by atoms with E-state index in [9.17, 15) is 4.79 Å². The number of tetrazole rings is 1. The maximum atomic E-state index is 13.1. The van der Waals surface area contributed by atoms with E-state index < -0.39 is 0 Å². The molecular weight excluding hydrogens is 362 g/mol. The van der Waals surface area contributed by atoms with Crippen molar-refractivity contribution in [2.24, 2.45) is 0 Å². The highest BCUT2D eigenvalue weighted by molar-refractivity contribution is 5.95. The van der Waals surface area contributed by atoms with Crippen LogP contribution in [0.2, 0.25) is 0 Å². The number of carbonyl (C=O) groups excluding carboxylic acids is 1. The Morgan fingerprint density at radius 3 is 2.45 bits per heavy atom. The first-order chi connectivity index (χ1) is 14.1. The van der Waals surface area contributed by atoms with Crippen molar-refractivity contribution in [1.82, 2.24) is 25.5 Å². The SMILES string of the molecule is Cc1ccc(C(NC(=O)c2cccc(-n3cnnn3)c2)c2ccccc2)cc1C. The zero-order chi connectivity index (χ0) is 20.2. The number of hydrogen-bond acceptors (Lipinski definition) is 4. The Kier molecular flexibility index (Phi) is 5.16. The lowest BCUT2D eigenvalue weighted by Gasteiger charge is -2.21. The van der Waals surface area contributed by atoms with E-state index in [0.717, 1.165) is 16.8 Å². The van der Waals surface area contributed by atoms with Crippen LogP contribution in [0, 0.1) is 13.8 Å². The van der Waals surface area contributed by atoms with Gasteiger partial charge in [0.25, 0.3) is 5.91 Å². The Morgan fingerprint density at radius 2 is 1.72 bits per heavy atom. The number of aryl methyl sites for hydroxylation is 2. The van der Waals surface area contributed by atoms with E-state index in [0.29, 0.717) is 5.56 Å². The molecule has 29 heavy (non-hydrogen) atoms. The van der Waals surface area contributed by atoms with E-state index in [4.69, 9.17) is 0 Å². The van der Waals surface area contributed by atoms with Crippen LogP contribution in [0.4, 0.5) is 0 Å². The number of hydrogen-bond donors (Lipinski definition) is 1. The summed E-state index contributed by atoms with van der Waals surface area (Å²) in [6.07, 6.45) is 1.50. The lowest BCUT2D eigenvalue weighted by atomic mass is 9.95. The summed E-state index contributed by atoms with van der Waals surface area (Å²) in [7, 11) is 0. The monoisotopic (exact) mass is 383 g/mol. The highest BCUT2D eigenvalue weighted by Crippen LogP contribution is 2.25. The summed E-state index contributed by atoms with van der Waals surface area (Å²) < 4.78 is 1.52. The second-order valence-corrected chi connectivity index (χ2v) is 6.97. The van der Waals surface area contributed by atoms with E-state index in [2.05, 4.69) is 52.9 Å². The third-order valence-corrected chi connectivity index (χ3v) is 4.99. The molecule has 1 N–H and O–H groups in total. The van der Waals surface area contributed by atoms with E-state index in [1.807, 2.05) is 42.5 Å². The normalized spacial score (nSPS) is 11.8. The summed E-state index contributed by atoms with van der Waals surface area (Å²) in [6, 6.07) is 23.2. The minimum Gasteiger partial charge on any atom is -0.341 e. The number of carbonyl (C=O) groups is 1. The van der Waals surface area contributed by atoms with Gasteiger partial charge in [-0.05, 0) is 64.7 Å². The van der Waals surface area contributed by atoms with Gasteiger partial charge in [-0.2, -0.15) is 0 Å². The van der Waals surface area contributed by atoms with Crippen LogP contribution in [0.5, 0.6) is 0 Å². The van der Waals surface area contributed by atoms with Crippen LogP contribution < -0.4 is 5.32 Å². The van der Waals surface area contributed by atoms with Gasteiger partial charge in [-0.15, -0.1) is 5.10 Å². The quantitative estimate of drug-likeness (QED) is 0.569. The number of amides is 1. The molecule has 0 spiro atoms. The van der Waals surface area contributed by atoms with Crippen LogP contribution in [0.1, 0.15) is 38.7 Å². The molecule has 0 saturated heterocycles. The largest absolute Gasteiger partial charge is 0.341 e. The van der Waals surface area contributed by atoms with Gasteiger partial charge in [0.2, 0.25) is 0 Å². The smallest absolute Gasteiger partial charge is 0.252 e. The van der Waals surface area contributed by atoms with E-state index in [1.54, 1.807) is 12.1 Å². The van der Waals surface area contributed by atoms with E-state index in [-0.39, 0.29) is 11.9 Å². The molecule has 144 valence electrons. The summed E-state index contributed by atoms with van der Waals surface area (Å²) in [5.74, 6) is -0.160. The fourth-order valence-electron chi connectivity index (χ4n) is 3.23. The number of nitrogens with one attached hydrogen (secondary N) is 1. The number of rotatable bonds is 5. The molecule has 6 nitrogen and oxygen atoms in total. The third-order valence-electron chi connectivity index (χ3n) is 4.99. The first kappa shape index (κ1) is 18.6. The summed E-state index contributed by atoms with van der Waals surface area (Å²) in [5.41, 5.74) is 5.76. The molecule has 1 aromatic heterocycles. The Labute approximate surface area is 169 Å². The average molecular weight is 383 g/mol. The summed E-state index contributed by atoms with van der Waals surface area (Å²) in [4.78, 5) is 13.1. The van der Waals surface area contributed by atoms with Gasteiger partial charge >= 0.3 is 0 Å². The van der Waals surface area contributed by atoms with Crippen molar-refractivity contribution in [2.75, 3.05) is 0 Å². The second-order valence-electron chi connectivity index (χ2n) is 6.97. The molecule has 4 aromatic rings. The van der Waals surface area contributed by atoms with Gasteiger partial charge in [0, 0.05) is 5.56 Å². The van der Waals surface area contributed by atoms with Crippen molar-refractivity contribution in [3.63, 3.8) is 0 Å². The summed E-state index contributed by atoms with van der Waals surface area (Å²) >= 11 is 0. The molecule has 0 fully saturated rings. The molecule has 1 atom stereocenters. The molecule has 0 radical (unpaired) electrons. The Morgan fingerprint density at radius 1 is 0.897 bits per heavy atom. The minimum absolute atomic E-state index is 0.160. The molecule has 0 aliphatic heterocycles. The van der Waals surface area contributed by atoms with Crippen molar-refractivity contribution in [3.8, 4) is 5.69 Å². The van der Waals surface area contributed by atoms with E-state index in [1.165, 1.54) is 22.1 Å². The zero-order valence-corrected chi connectivity index (χ0v) is 16.3. The fraction of sp³-hybridized carbons (Fsp3) is 0.130. The predicted octanol–water partition coefficient (Wildman–Crippen LogP) is 3.80. The van der Waals surface area contributed by atoms with Crippen LogP contribution in [0.25, 0.3) is 5.69 Å². The van der Waals surface area contributed by atoms with Gasteiger partial charge < -0.3 is 5.32 Å². The third kappa shape index (κ3) is 4.06. The van der Waals surface area contributed by atoms with Gasteiger partial charge in [-0.3, -0.25) is 4.79 Å². The van der Waals surface area contributed by atoms with Gasteiger partial charge in [0.15, 0.2) is 0 Å². The van der Waals surface area contributed by atoms with Crippen molar-refractivity contribution < 1.29 is 4.79 Å². The van der Waals surface area contributed by atoms with Gasteiger partial charge in [0.1, 0.15) is 6.33 Å². The maximum Gasteiger partial charge on any atom is 0.252 e. The first-order valence-corrected chi connectivity index (χ1v) is 9.38. The van der Waals surface area contributed by atoms with Crippen molar-refractivity contribution >= 4 is 5.91 Å². The second kappa shape index (κ2) is 8.06. The minimum atomic E-state index is -0.250. The topological polar surface area (TPSA) is 72.7 Å². The van der Waals surface area contributed by atoms with Crippen LogP contribution in [-0.4, -0.2) is 26.1 Å². The van der Waals surface area contributed by atoms with Crippen molar-refractivity contribution in [1.29, 1.82) is 0 Å². The molecule has 0 aliphatic carbocycles. The molecule has 1 heterocycles. The summed E-state index contributed by atoms with van der Waals surface area (Å²) in [5, 5.41) is 14.4. The highest BCUT2D eigenvalue weighted by atomic mass is 16.1.